The Morgan fingerprint density at radius 1 is 1.23 bits per heavy atom. The van der Waals surface area contributed by atoms with Crippen molar-refractivity contribution < 1.29 is 24.2 Å². The van der Waals surface area contributed by atoms with E-state index in [1.165, 1.54) is 0 Å². The fourth-order valence-electron chi connectivity index (χ4n) is 2.78. The quantitative estimate of drug-likeness (QED) is 0.822. The summed E-state index contributed by atoms with van der Waals surface area (Å²) in [4.78, 5) is 28.3. The molecule has 136 valence electrons. The molecule has 2 aromatic rings. The molecule has 0 saturated carbocycles. The number of rotatable bonds is 6. The molecule has 1 aromatic heterocycles. The molecule has 0 spiro atoms. The number of amides is 1. The van der Waals surface area contributed by atoms with Crippen molar-refractivity contribution in [3.8, 4) is 5.75 Å². The fourth-order valence-corrected chi connectivity index (χ4v) is 2.78. The molecule has 1 fully saturated rings. The summed E-state index contributed by atoms with van der Waals surface area (Å²) in [5, 5.41) is 12.2. The molecule has 0 unspecified atom stereocenters. The van der Waals surface area contributed by atoms with Crippen LogP contribution in [0.5, 0.6) is 5.75 Å². The van der Waals surface area contributed by atoms with Gasteiger partial charge in [-0.05, 0) is 24.3 Å². The van der Waals surface area contributed by atoms with Crippen LogP contribution in [0.3, 0.4) is 0 Å². The van der Waals surface area contributed by atoms with Gasteiger partial charge in [-0.15, -0.1) is 0 Å². The van der Waals surface area contributed by atoms with E-state index in [0.717, 1.165) is 5.56 Å². The molecule has 0 aliphatic carbocycles. The lowest BCUT2D eigenvalue weighted by molar-refractivity contribution is -0.148. The number of carboxylic acids is 1. The molecule has 0 radical (unpaired) electrons. The average Bonchev–Trinajstić information content (AvgIpc) is 2.68. The number of ether oxygens (including phenoxy) is 2. The lowest BCUT2D eigenvalue weighted by Gasteiger charge is -2.33. The van der Waals surface area contributed by atoms with Crippen LogP contribution in [0.15, 0.2) is 48.8 Å². The number of aromatic nitrogens is 1. The van der Waals surface area contributed by atoms with Crippen LogP contribution in [0, 0.1) is 0 Å². The Bertz CT molecular complexity index is 773. The number of aliphatic carboxylic acids is 1. The summed E-state index contributed by atoms with van der Waals surface area (Å²) in [6.07, 6.45) is 3.87. The van der Waals surface area contributed by atoms with Crippen molar-refractivity contribution in [1.82, 2.24) is 10.3 Å². The first kappa shape index (κ1) is 17.9. The minimum Gasteiger partial charge on any atom is -0.489 e. The Morgan fingerprint density at radius 3 is 2.73 bits per heavy atom. The lowest BCUT2D eigenvalue weighted by Crippen LogP contribution is -2.57. The number of nitrogens with one attached hydrogen (secondary N) is 1. The predicted molar refractivity (Wildman–Crippen MR) is 92.9 cm³/mol. The Hall–Kier alpha value is -2.93. The monoisotopic (exact) mass is 356 g/mol. The zero-order chi connectivity index (χ0) is 18.4. The van der Waals surface area contributed by atoms with Crippen molar-refractivity contribution in [2.75, 3.05) is 13.2 Å². The Morgan fingerprint density at radius 2 is 2.04 bits per heavy atom. The van der Waals surface area contributed by atoms with Gasteiger partial charge in [-0.25, -0.2) is 4.79 Å². The summed E-state index contributed by atoms with van der Waals surface area (Å²) in [6.45, 7) is 0.941. The topological polar surface area (TPSA) is 97.8 Å². The molecule has 26 heavy (non-hydrogen) atoms. The van der Waals surface area contributed by atoms with Crippen molar-refractivity contribution in [1.29, 1.82) is 0 Å². The molecule has 7 nitrogen and oxygen atoms in total. The molecule has 1 aromatic carbocycles. The largest absolute Gasteiger partial charge is 0.489 e. The molecule has 1 amide bonds. The molecular weight excluding hydrogens is 336 g/mol. The van der Waals surface area contributed by atoms with Crippen molar-refractivity contribution in [3.63, 3.8) is 0 Å². The third kappa shape index (κ3) is 4.18. The summed E-state index contributed by atoms with van der Waals surface area (Å²) in [6, 6.07) is 10.4. The minimum absolute atomic E-state index is 0.241. The first-order valence-corrected chi connectivity index (χ1v) is 8.34. The van der Waals surface area contributed by atoms with Crippen LogP contribution >= 0.6 is 0 Å². The van der Waals surface area contributed by atoms with E-state index < -0.39 is 17.4 Å². The Balaban J connectivity index is 1.68. The maximum Gasteiger partial charge on any atom is 0.329 e. The highest BCUT2D eigenvalue weighted by atomic mass is 16.5. The van der Waals surface area contributed by atoms with E-state index in [4.69, 9.17) is 9.47 Å². The highest BCUT2D eigenvalue weighted by molar-refractivity contribution is 5.98. The summed E-state index contributed by atoms with van der Waals surface area (Å²) in [5.74, 6) is -0.961. The van der Waals surface area contributed by atoms with Gasteiger partial charge in [-0.3, -0.25) is 9.78 Å². The SMILES string of the molecule is O=C(NC1(C(=O)O)CCOCC1)c1cccc(OCc2cccnc2)c1. The maximum atomic E-state index is 12.6. The molecule has 3 rings (SSSR count). The van der Waals surface area contributed by atoms with Gasteiger partial charge in [-0.1, -0.05) is 12.1 Å². The molecule has 2 N–H and O–H groups in total. The molecule has 7 heteroatoms. The zero-order valence-electron chi connectivity index (χ0n) is 14.2. The smallest absolute Gasteiger partial charge is 0.329 e. The molecular formula is C19H20N2O5. The third-order valence-corrected chi connectivity index (χ3v) is 4.33. The summed E-state index contributed by atoms with van der Waals surface area (Å²) >= 11 is 0. The summed E-state index contributed by atoms with van der Waals surface area (Å²) in [7, 11) is 0. The normalized spacial score (nSPS) is 15.8. The second-order valence-electron chi connectivity index (χ2n) is 6.13. The maximum absolute atomic E-state index is 12.6. The number of benzene rings is 1. The van der Waals surface area contributed by atoms with Crippen LogP contribution in [0.2, 0.25) is 0 Å². The number of nitrogens with zero attached hydrogens (tertiary/aromatic N) is 1. The highest BCUT2D eigenvalue weighted by Crippen LogP contribution is 2.23. The van der Waals surface area contributed by atoms with Crippen molar-refractivity contribution in [3.05, 3.63) is 59.9 Å². The number of hydrogen-bond donors (Lipinski definition) is 2. The second-order valence-corrected chi connectivity index (χ2v) is 6.13. The van der Waals surface area contributed by atoms with Crippen LogP contribution in [0.1, 0.15) is 28.8 Å². The van der Waals surface area contributed by atoms with Crippen LogP contribution in [0.4, 0.5) is 0 Å². The average molecular weight is 356 g/mol. The lowest BCUT2D eigenvalue weighted by atomic mass is 9.89. The number of carbonyl (C=O) groups is 2. The van der Waals surface area contributed by atoms with E-state index in [-0.39, 0.29) is 12.8 Å². The van der Waals surface area contributed by atoms with Gasteiger partial charge < -0.3 is 19.9 Å². The van der Waals surface area contributed by atoms with Gasteiger partial charge in [0.1, 0.15) is 17.9 Å². The molecule has 0 atom stereocenters. The van der Waals surface area contributed by atoms with Crippen LogP contribution in [0.25, 0.3) is 0 Å². The number of hydrogen-bond acceptors (Lipinski definition) is 5. The van der Waals surface area contributed by atoms with Gasteiger partial charge >= 0.3 is 5.97 Å². The predicted octanol–water partition coefficient (Wildman–Crippen LogP) is 2.02. The first-order chi connectivity index (χ1) is 12.6. The van der Waals surface area contributed by atoms with Gasteiger partial charge in [0.05, 0.1) is 0 Å². The van der Waals surface area contributed by atoms with Gasteiger partial charge in [0.15, 0.2) is 0 Å². The molecule has 1 saturated heterocycles. The van der Waals surface area contributed by atoms with Crippen LogP contribution in [-0.4, -0.2) is 40.7 Å². The number of carboxylic acid groups (broad SMARTS) is 1. The number of pyridine rings is 1. The van der Waals surface area contributed by atoms with Crippen LogP contribution in [-0.2, 0) is 16.1 Å². The van der Waals surface area contributed by atoms with Crippen molar-refractivity contribution in [2.45, 2.75) is 25.0 Å². The van der Waals surface area contributed by atoms with E-state index in [1.807, 2.05) is 12.1 Å². The van der Waals surface area contributed by atoms with Crippen molar-refractivity contribution in [2.24, 2.45) is 0 Å². The van der Waals surface area contributed by atoms with Crippen molar-refractivity contribution >= 4 is 11.9 Å². The highest BCUT2D eigenvalue weighted by Gasteiger charge is 2.41. The van der Waals surface area contributed by atoms with E-state index >= 15 is 0 Å². The zero-order valence-corrected chi connectivity index (χ0v) is 14.2. The summed E-state index contributed by atoms with van der Waals surface area (Å²) < 4.78 is 10.9. The van der Waals surface area contributed by atoms with Gasteiger partial charge in [0.2, 0.25) is 0 Å². The van der Waals surface area contributed by atoms with E-state index in [9.17, 15) is 14.7 Å². The van der Waals surface area contributed by atoms with E-state index in [0.29, 0.717) is 31.1 Å². The fraction of sp³-hybridized carbons (Fsp3) is 0.316. The van der Waals surface area contributed by atoms with Gasteiger partial charge in [0, 0.05) is 49.6 Å². The third-order valence-electron chi connectivity index (χ3n) is 4.33. The molecule has 1 aliphatic rings. The van der Waals surface area contributed by atoms with Gasteiger partial charge in [-0.2, -0.15) is 0 Å². The van der Waals surface area contributed by atoms with Crippen LogP contribution < -0.4 is 10.1 Å². The second kappa shape index (κ2) is 7.97. The number of carbonyl (C=O) groups excluding carboxylic acids is 1. The Labute approximate surface area is 151 Å². The van der Waals surface area contributed by atoms with E-state index in [2.05, 4.69) is 10.3 Å². The molecule has 2 heterocycles. The standard InChI is InChI=1S/C19H20N2O5/c22-17(21-19(18(23)24)6-9-25-10-7-19)15-4-1-5-16(11-15)26-13-14-3-2-8-20-12-14/h1-5,8,11-12H,6-7,9-10,13H2,(H,21,22)(H,23,24). The minimum atomic E-state index is -1.29. The van der Waals surface area contributed by atoms with Gasteiger partial charge in [0.25, 0.3) is 5.91 Å². The Kier molecular flexibility index (Phi) is 5.48. The summed E-state index contributed by atoms with van der Waals surface area (Å²) in [5.41, 5.74) is -0.0303. The molecule has 1 aliphatic heterocycles. The first-order valence-electron chi connectivity index (χ1n) is 8.34. The van der Waals surface area contributed by atoms with E-state index in [1.54, 1.807) is 36.7 Å². The molecule has 0 bridgehead atoms.